The van der Waals surface area contributed by atoms with Crippen LogP contribution in [0.5, 0.6) is 0 Å². The number of rotatable bonds is 7. The molecule has 0 aromatic carbocycles. The van der Waals surface area contributed by atoms with Crippen molar-refractivity contribution < 1.29 is 40.9 Å². The van der Waals surface area contributed by atoms with E-state index in [9.17, 15) is 31.4 Å². The molecule has 0 amide bonds. The van der Waals surface area contributed by atoms with Crippen LogP contribution < -0.4 is 0 Å². The van der Waals surface area contributed by atoms with Gasteiger partial charge in [-0.25, -0.2) is 0 Å². The first-order valence-electron chi connectivity index (χ1n) is 5.88. The quantitative estimate of drug-likeness (QED) is 0.580. The van der Waals surface area contributed by atoms with Gasteiger partial charge in [-0.3, -0.25) is 0 Å². The van der Waals surface area contributed by atoms with Crippen molar-refractivity contribution in [1.29, 1.82) is 0 Å². The Labute approximate surface area is 112 Å². The van der Waals surface area contributed by atoms with Gasteiger partial charge < -0.3 is 14.6 Å². The van der Waals surface area contributed by atoms with Crippen molar-refractivity contribution in [1.82, 2.24) is 0 Å². The molecule has 0 saturated heterocycles. The summed E-state index contributed by atoms with van der Waals surface area (Å²) in [4.78, 5) is 0. The van der Waals surface area contributed by atoms with E-state index in [4.69, 9.17) is 4.74 Å². The van der Waals surface area contributed by atoms with Gasteiger partial charge in [-0.2, -0.15) is 26.3 Å². The molecule has 0 aliphatic carbocycles. The number of aliphatic hydroxyl groups is 1. The summed E-state index contributed by atoms with van der Waals surface area (Å²) in [6.07, 6.45) is -11.2. The Balaban J connectivity index is 4.99. The average molecular weight is 312 g/mol. The van der Waals surface area contributed by atoms with Gasteiger partial charge in [-0.15, -0.1) is 0 Å². The van der Waals surface area contributed by atoms with Gasteiger partial charge in [0.05, 0.1) is 13.2 Å². The zero-order valence-corrected chi connectivity index (χ0v) is 11.4. The van der Waals surface area contributed by atoms with Crippen molar-refractivity contribution in [2.24, 2.45) is 0 Å². The average Bonchev–Trinajstić information content (AvgIpc) is 2.24. The van der Waals surface area contributed by atoms with E-state index in [0.717, 1.165) is 0 Å². The lowest BCUT2D eigenvalue weighted by atomic mass is 9.84. The van der Waals surface area contributed by atoms with Gasteiger partial charge in [-0.1, -0.05) is 6.92 Å². The third-order valence-electron chi connectivity index (χ3n) is 2.73. The van der Waals surface area contributed by atoms with E-state index in [2.05, 4.69) is 4.74 Å². The van der Waals surface area contributed by atoms with Crippen LogP contribution in [0.25, 0.3) is 0 Å². The van der Waals surface area contributed by atoms with E-state index in [1.165, 1.54) is 0 Å². The van der Waals surface area contributed by atoms with Gasteiger partial charge >= 0.3 is 12.4 Å². The fraction of sp³-hybridized carbons (Fsp3) is 1.00. The van der Waals surface area contributed by atoms with Crippen LogP contribution in [-0.2, 0) is 9.47 Å². The Morgan fingerprint density at radius 3 is 1.65 bits per heavy atom. The Bertz CT molecular complexity index is 284. The van der Waals surface area contributed by atoms with Crippen molar-refractivity contribution in [2.75, 3.05) is 19.8 Å². The summed E-state index contributed by atoms with van der Waals surface area (Å²) in [5.74, 6) is 0. The number of alkyl halides is 6. The molecule has 122 valence electrons. The van der Waals surface area contributed by atoms with Crippen LogP contribution in [-0.4, -0.2) is 48.5 Å². The van der Waals surface area contributed by atoms with Crippen molar-refractivity contribution in [3.8, 4) is 0 Å². The first kappa shape index (κ1) is 19.5. The van der Waals surface area contributed by atoms with Crippen molar-refractivity contribution in [3.63, 3.8) is 0 Å². The summed E-state index contributed by atoms with van der Waals surface area (Å²) >= 11 is 0. The van der Waals surface area contributed by atoms with E-state index in [1.54, 1.807) is 6.92 Å². The highest BCUT2D eigenvalue weighted by molar-refractivity contribution is 5.06. The number of hydrogen-bond donors (Lipinski definition) is 1. The smallest absolute Gasteiger partial charge is 0.379 e. The van der Waals surface area contributed by atoms with Crippen LogP contribution in [0.1, 0.15) is 27.2 Å². The maximum absolute atomic E-state index is 12.6. The molecule has 0 fully saturated rings. The molecule has 0 atom stereocenters. The standard InChI is InChI=1S/C11H18F6O3/c1-4-5-19-6-7-20-8(2,3)9(18,10(12,13)14)11(15,16)17/h18H,4-7H2,1-3H3. The van der Waals surface area contributed by atoms with Gasteiger partial charge in [0.2, 0.25) is 0 Å². The minimum absolute atomic E-state index is 0.164. The highest BCUT2D eigenvalue weighted by Crippen LogP contribution is 2.50. The molecule has 0 aliphatic heterocycles. The zero-order valence-electron chi connectivity index (χ0n) is 11.4. The van der Waals surface area contributed by atoms with Crippen LogP contribution in [0.3, 0.4) is 0 Å². The molecule has 0 aromatic heterocycles. The zero-order chi connectivity index (χ0) is 16.2. The minimum Gasteiger partial charge on any atom is -0.379 e. The van der Waals surface area contributed by atoms with Crippen LogP contribution >= 0.6 is 0 Å². The fourth-order valence-electron chi connectivity index (χ4n) is 1.55. The van der Waals surface area contributed by atoms with Gasteiger partial charge in [0.1, 0.15) is 5.60 Å². The van der Waals surface area contributed by atoms with Crippen molar-refractivity contribution in [2.45, 2.75) is 50.7 Å². The molecule has 0 unspecified atom stereocenters. The first-order valence-corrected chi connectivity index (χ1v) is 5.88. The van der Waals surface area contributed by atoms with E-state index in [0.29, 0.717) is 26.9 Å². The minimum atomic E-state index is -5.92. The molecule has 3 nitrogen and oxygen atoms in total. The van der Waals surface area contributed by atoms with E-state index < -0.39 is 30.2 Å². The highest BCUT2D eigenvalue weighted by atomic mass is 19.4. The van der Waals surface area contributed by atoms with Gasteiger partial charge in [-0.05, 0) is 20.3 Å². The third-order valence-corrected chi connectivity index (χ3v) is 2.73. The summed E-state index contributed by atoms with van der Waals surface area (Å²) in [7, 11) is 0. The molecule has 0 aromatic rings. The summed E-state index contributed by atoms with van der Waals surface area (Å²) in [6.45, 7) is 2.51. The van der Waals surface area contributed by atoms with Crippen LogP contribution in [0.2, 0.25) is 0 Å². The summed E-state index contributed by atoms with van der Waals surface area (Å²) in [5.41, 5.74) is -7.86. The second-order valence-electron chi connectivity index (χ2n) is 4.68. The van der Waals surface area contributed by atoms with Gasteiger partial charge in [0.25, 0.3) is 5.60 Å². The summed E-state index contributed by atoms with van der Waals surface area (Å²) < 4.78 is 85.3. The monoisotopic (exact) mass is 312 g/mol. The molecule has 0 rings (SSSR count). The Morgan fingerprint density at radius 1 is 0.850 bits per heavy atom. The third kappa shape index (κ3) is 3.98. The Morgan fingerprint density at radius 2 is 1.30 bits per heavy atom. The molecule has 0 aliphatic rings. The second-order valence-corrected chi connectivity index (χ2v) is 4.68. The molecule has 0 bridgehead atoms. The van der Waals surface area contributed by atoms with E-state index in [1.807, 2.05) is 0 Å². The molecule has 0 heterocycles. The van der Waals surface area contributed by atoms with Crippen molar-refractivity contribution >= 4 is 0 Å². The lowest BCUT2D eigenvalue weighted by molar-refractivity contribution is -0.412. The summed E-state index contributed by atoms with van der Waals surface area (Å²) in [6, 6.07) is 0. The number of halogens is 6. The first-order chi connectivity index (χ1) is 8.81. The predicted molar refractivity (Wildman–Crippen MR) is 58.2 cm³/mol. The Hall–Kier alpha value is -0.540. The normalized spacial score (nSPS) is 14.7. The largest absolute Gasteiger partial charge is 0.429 e. The molecule has 0 saturated carbocycles. The SMILES string of the molecule is CCCOCCOC(C)(C)C(O)(C(F)(F)F)C(F)(F)F. The van der Waals surface area contributed by atoms with Gasteiger partial charge in [0, 0.05) is 6.61 Å². The molecular weight excluding hydrogens is 294 g/mol. The lowest BCUT2D eigenvalue weighted by Gasteiger charge is -2.43. The lowest BCUT2D eigenvalue weighted by Crippen LogP contribution is -2.69. The van der Waals surface area contributed by atoms with Crippen molar-refractivity contribution in [3.05, 3.63) is 0 Å². The van der Waals surface area contributed by atoms with Crippen LogP contribution in [0.4, 0.5) is 26.3 Å². The molecule has 20 heavy (non-hydrogen) atoms. The van der Waals surface area contributed by atoms with Crippen LogP contribution in [0.15, 0.2) is 0 Å². The molecule has 1 N–H and O–H groups in total. The van der Waals surface area contributed by atoms with E-state index >= 15 is 0 Å². The number of ether oxygens (including phenoxy) is 2. The summed E-state index contributed by atoms with van der Waals surface area (Å²) in [5, 5.41) is 9.20. The molecule has 0 spiro atoms. The fourth-order valence-corrected chi connectivity index (χ4v) is 1.55. The second kappa shape index (κ2) is 6.48. The number of hydrogen-bond acceptors (Lipinski definition) is 3. The Kier molecular flexibility index (Phi) is 6.31. The maximum atomic E-state index is 12.6. The topological polar surface area (TPSA) is 38.7 Å². The molecular formula is C11H18F6O3. The van der Waals surface area contributed by atoms with E-state index in [-0.39, 0.29) is 6.61 Å². The molecule has 9 heteroatoms. The van der Waals surface area contributed by atoms with Gasteiger partial charge in [0.15, 0.2) is 0 Å². The highest BCUT2D eigenvalue weighted by Gasteiger charge is 2.77. The van der Waals surface area contributed by atoms with Crippen LogP contribution in [0, 0.1) is 0 Å². The molecule has 0 radical (unpaired) electrons. The predicted octanol–water partition coefficient (Wildman–Crippen LogP) is 3.06. The maximum Gasteiger partial charge on any atom is 0.429 e.